The van der Waals surface area contributed by atoms with E-state index in [0.29, 0.717) is 5.75 Å². The normalized spacial score (nSPS) is 16.5. The molecule has 1 unspecified atom stereocenters. The zero-order valence-electron chi connectivity index (χ0n) is 11.0. The van der Waals surface area contributed by atoms with Gasteiger partial charge in [-0.25, -0.2) is 0 Å². The Balaban J connectivity index is 1.96. The summed E-state index contributed by atoms with van der Waals surface area (Å²) < 4.78 is 0. The fourth-order valence-corrected chi connectivity index (χ4v) is 3.07. The Morgan fingerprint density at radius 2 is 1.55 bits per heavy atom. The van der Waals surface area contributed by atoms with Crippen LogP contribution in [0.3, 0.4) is 0 Å². The third kappa shape index (κ3) is 1.64. The van der Waals surface area contributed by atoms with Gasteiger partial charge in [0.15, 0.2) is 0 Å². The monoisotopic (exact) mass is 258 g/mol. The van der Waals surface area contributed by atoms with E-state index < -0.39 is 0 Å². The maximum atomic E-state index is 9.45. The smallest absolute Gasteiger partial charge is 0.115 e. The fraction of sp³-hybridized carbons (Fsp3) is 0.0526. The molecular formula is C19H14O. The maximum absolute atomic E-state index is 9.45. The van der Waals surface area contributed by atoms with Crippen molar-refractivity contribution in [1.82, 2.24) is 0 Å². The molecule has 0 saturated heterocycles. The minimum Gasteiger partial charge on any atom is -0.508 e. The molecule has 1 heteroatoms. The second-order valence-electron chi connectivity index (χ2n) is 5.22. The minimum atomic E-state index is 0.259. The molecule has 0 saturated carbocycles. The largest absolute Gasteiger partial charge is 0.508 e. The second-order valence-corrected chi connectivity index (χ2v) is 5.22. The van der Waals surface area contributed by atoms with Crippen molar-refractivity contribution in [3.05, 3.63) is 83.4 Å². The lowest BCUT2D eigenvalue weighted by molar-refractivity contribution is 0.475. The van der Waals surface area contributed by atoms with Gasteiger partial charge in [-0.05, 0) is 39.6 Å². The van der Waals surface area contributed by atoms with Gasteiger partial charge in [0, 0.05) is 5.92 Å². The number of phenolic OH excluding ortho intramolecular Hbond substituents is 1. The van der Waals surface area contributed by atoms with Crippen LogP contribution in [0, 0.1) is 0 Å². The molecule has 3 aromatic rings. The van der Waals surface area contributed by atoms with Crippen LogP contribution in [0.5, 0.6) is 5.75 Å². The van der Waals surface area contributed by atoms with Crippen molar-refractivity contribution in [2.45, 2.75) is 5.92 Å². The Morgan fingerprint density at radius 1 is 0.800 bits per heavy atom. The van der Waals surface area contributed by atoms with Crippen molar-refractivity contribution in [3.63, 3.8) is 0 Å². The molecule has 0 heterocycles. The van der Waals surface area contributed by atoms with Crippen LogP contribution in [0.2, 0.25) is 0 Å². The lowest BCUT2D eigenvalue weighted by Gasteiger charge is -2.21. The first-order chi connectivity index (χ1) is 9.83. The highest BCUT2D eigenvalue weighted by Crippen LogP contribution is 2.38. The predicted molar refractivity (Wildman–Crippen MR) is 82.9 cm³/mol. The van der Waals surface area contributed by atoms with E-state index in [1.165, 1.54) is 27.5 Å². The van der Waals surface area contributed by atoms with E-state index in [2.05, 4.69) is 48.6 Å². The molecule has 96 valence electrons. The van der Waals surface area contributed by atoms with Crippen molar-refractivity contribution < 1.29 is 5.11 Å². The van der Waals surface area contributed by atoms with Gasteiger partial charge in [-0.15, -0.1) is 0 Å². The zero-order valence-corrected chi connectivity index (χ0v) is 11.0. The van der Waals surface area contributed by atoms with Gasteiger partial charge in [0.1, 0.15) is 5.75 Å². The van der Waals surface area contributed by atoms with E-state index in [9.17, 15) is 5.11 Å². The Hall–Kier alpha value is -2.54. The summed E-state index contributed by atoms with van der Waals surface area (Å²) in [6, 6.07) is 20.4. The molecule has 4 rings (SSSR count). The van der Waals surface area contributed by atoms with E-state index in [0.717, 1.165) is 0 Å². The number of hydrogen-bond donors (Lipinski definition) is 1. The summed E-state index contributed by atoms with van der Waals surface area (Å²) in [6.07, 6.45) is 4.44. The van der Waals surface area contributed by atoms with Gasteiger partial charge in [0.2, 0.25) is 0 Å². The third-order valence-corrected chi connectivity index (χ3v) is 4.02. The number of rotatable bonds is 1. The zero-order chi connectivity index (χ0) is 13.5. The van der Waals surface area contributed by atoms with E-state index in [1.807, 2.05) is 12.1 Å². The van der Waals surface area contributed by atoms with Crippen LogP contribution in [-0.2, 0) is 0 Å². The van der Waals surface area contributed by atoms with Crippen LogP contribution in [0.15, 0.2) is 66.7 Å². The van der Waals surface area contributed by atoms with Crippen molar-refractivity contribution >= 4 is 16.8 Å². The quantitative estimate of drug-likeness (QED) is 0.670. The summed E-state index contributed by atoms with van der Waals surface area (Å²) in [5.74, 6) is 0.571. The Bertz CT molecular complexity index is 808. The first-order valence-electron chi connectivity index (χ1n) is 6.82. The van der Waals surface area contributed by atoms with Gasteiger partial charge >= 0.3 is 0 Å². The van der Waals surface area contributed by atoms with Crippen LogP contribution in [0.4, 0.5) is 0 Å². The number of allylic oxidation sites excluding steroid dienone is 1. The van der Waals surface area contributed by atoms with Crippen molar-refractivity contribution in [2.75, 3.05) is 0 Å². The molecule has 20 heavy (non-hydrogen) atoms. The molecule has 0 aliphatic heterocycles. The molecule has 0 spiro atoms. The molecule has 1 aliphatic rings. The number of phenols is 1. The van der Waals surface area contributed by atoms with E-state index in [1.54, 1.807) is 12.1 Å². The highest BCUT2D eigenvalue weighted by atomic mass is 16.3. The van der Waals surface area contributed by atoms with Gasteiger partial charge < -0.3 is 5.11 Å². The lowest BCUT2D eigenvalue weighted by atomic mass is 9.82. The molecule has 3 aromatic carbocycles. The standard InChI is InChI=1S/C19H14O/c20-16-10-7-13(8-11-16)17-12-9-15-4-1-3-14-5-2-6-18(17)19(14)15/h1-12,17,20H. The fourth-order valence-electron chi connectivity index (χ4n) is 3.07. The molecule has 1 atom stereocenters. The molecular weight excluding hydrogens is 244 g/mol. The average molecular weight is 258 g/mol. The summed E-state index contributed by atoms with van der Waals surface area (Å²) >= 11 is 0. The summed E-state index contributed by atoms with van der Waals surface area (Å²) in [5.41, 5.74) is 3.83. The summed E-state index contributed by atoms with van der Waals surface area (Å²) in [7, 11) is 0. The molecule has 0 bridgehead atoms. The number of aromatic hydroxyl groups is 1. The van der Waals surface area contributed by atoms with Crippen LogP contribution >= 0.6 is 0 Å². The molecule has 0 fully saturated rings. The first-order valence-corrected chi connectivity index (χ1v) is 6.82. The molecule has 0 aromatic heterocycles. The molecule has 0 amide bonds. The highest BCUT2D eigenvalue weighted by Gasteiger charge is 2.18. The number of hydrogen-bond acceptors (Lipinski definition) is 1. The number of benzene rings is 3. The summed E-state index contributed by atoms with van der Waals surface area (Å²) in [4.78, 5) is 0. The van der Waals surface area contributed by atoms with Gasteiger partial charge in [0.05, 0.1) is 0 Å². The second kappa shape index (κ2) is 4.24. The van der Waals surface area contributed by atoms with E-state index in [4.69, 9.17) is 0 Å². The van der Waals surface area contributed by atoms with E-state index >= 15 is 0 Å². The Labute approximate surface area is 117 Å². The van der Waals surface area contributed by atoms with Crippen molar-refractivity contribution in [3.8, 4) is 5.75 Å². The molecule has 1 aliphatic carbocycles. The first kappa shape index (κ1) is 11.3. The predicted octanol–water partition coefficient (Wildman–Crippen LogP) is 4.70. The minimum absolute atomic E-state index is 0.259. The van der Waals surface area contributed by atoms with Crippen LogP contribution < -0.4 is 0 Å². The SMILES string of the molecule is Oc1ccc(C2C=Cc3cccc4cccc2c34)cc1. The lowest BCUT2D eigenvalue weighted by Crippen LogP contribution is -2.02. The third-order valence-electron chi connectivity index (χ3n) is 4.02. The van der Waals surface area contributed by atoms with Crippen molar-refractivity contribution in [2.24, 2.45) is 0 Å². The topological polar surface area (TPSA) is 20.2 Å². The average Bonchev–Trinajstić information content (AvgIpc) is 2.49. The highest BCUT2D eigenvalue weighted by molar-refractivity contribution is 5.96. The summed E-state index contributed by atoms with van der Waals surface area (Å²) in [6.45, 7) is 0. The molecule has 1 N–H and O–H groups in total. The Kier molecular flexibility index (Phi) is 2.40. The molecule has 1 nitrogen and oxygen atoms in total. The Morgan fingerprint density at radius 3 is 2.35 bits per heavy atom. The summed E-state index contributed by atoms with van der Waals surface area (Å²) in [5, 5.41) is 12.1. The molecule has 0 radical (unpaired) electrons. The maximum Gasteiger partial charge on any atom is 0.115 e. The van der Waals surface area contributed by atoms with Crippen LogP contribution in [0.1, 0.15) is 22.6 Å². The van der Waals surface area contributed by atoms with Crippen molar-refractivity contribution in [1.29, 1.82) is 0 Å². The van der Waals surface area contributed by atoms with Gasteiger partial charge in [-0.1, -0.05) is 60.7 Å². The van der Waals surface area contributed by atoms with Crippen LogP contribution in [-0.4, -0.2) is 5.11 Å². The van der Waals surface area contributed by atoms with Gasteiger partial charge in [-0.2, -0.15) is 0 Å². The van der Waals surface area contributed by atoms with Gasteiger partial charge in [-0.3, -0.25) is 0 Å². The van der Waals surface area contributed by atoms with E-state index in [-0.39, 0.29) is 5.92 Å². The van der Waals surface area contributed by atoms with Gasteiger partial charge in [0.25, 0.3) is 0 Å². The van der Waals surface area contributed by atoms with Crippen LogP contribution in [0.25, 0.3) is 16.8 Å².